The Kier molecular flexibility index (Phi) is 4.18. The Morgan fingerprint density at radius 1 is 1.00 bits per heavy atom. The molecule has 1 unspecified atom stereocenters. The predicted molar refractivity (Wildman–Crippen MR) is 65.3 cm³/mol. The zero-order valence-corrected chi connectivity index (χ0v) is 11.3. The SMILES string of the molecule is CC(C)NC1CCN(c2c(F)c(F)c(F)c(F)c2F)C1=O. The lowest BCUT2D eigenvalue weighted by molar-refractivity contribution is -0.119. The Morgan fingerprint density at radius 2 is 1.48 bits per heavy atom. The van der Waals surface area contributed by atoms with Gasteiger partial charge in [0, 0.05) is 12.6 Å². The van der Waals surface area contributed by atoms with E-state index in [-0.39, 0.29) is 19.0 Å². The average Bonchev–Trinajstić information content (AvgIpc) is 2.76. The lowest BCUT2D eigenvalue weighted by Gasteiger charge is -2.20. The molecule has 1 aliphatic heterocycles. The summed E-state index contributed by atoms with van der Waals surface area (Å²) in [6, 6.07) is -0.768. The molecule has 21 heavy (non-hydrogen) atoms. The molecule has 8 heteroatoms. The molecule has 0 aromatic heterocycles. The molecule has 0 aliphatic carbocycles. The molecule has 1 fully saturated rings. The lowest BCUT2D eigenvalue weighted by atomic mass is 10.2. The van der Waals surface area contributed by atoms with E-state index >= 15 is 0 Å². The van der Waals surface area contributed by atoms with Gasteiger partial charge in [0.25, 0.3) is 0 Å². The predicted octanol–water partition coefficient (Wildman–Crippen LogP) is 2.49. The third-order valence-corrected chi connectivity index (χ3v) is 3.20. The third kappa shape index (κ3) is 2.59. The molecular formula is C13H13F5N2O. The molecule has 3 nitrogen and oxygen atoms in total. The van der Waals surface area contributed by atoms with Gasteiger partial charge in [-0.3, -0.25) is 4.79 Å². The molecule has 116 valence electrons. The number of benzene rings is 1. The number of rotatable bonds is 3. The maximum absolute atomic E-state index is 13.7. The van der Waals surface area contributed by atoms with Crippen LogP contribution in [0.4, 0.5) is 27.6 Å². The van der Waals surface area contributed by atoms with E-state index in [1.807, 2.05) is 0 Å². The van der Waals surface area contributed by atoms with Gasteiger partial charge >= 0.3 is 0 Å². The normalized spacial score (nSPS) is 19.0. The highest BCUT2D eigenvalue weighted by atomic mass is 19.2. The zero-order valence-electron chi connectivity index (χ0n) is 11.3. The number of nitrogens with one attached hydrogen (secondary N) is 1. The summed E-state index contributed by atoms with van der Waals surface area (Å²) in [5.74, 6) is -11.1. The first kappa shape index (κ1) is 15.7. The summed E-state index contributed by atoms with van der Waals surface area (Å²) in [5.41, 5.74) is -1.19. The van der Waals surface area contributed by atoms with E-state index in [0.29, 0.717) is 4.90 Å². The summed E-state index contributed by atoms with van der Waals surface area (Å²) < 4.78 is 66.7. The summed E-state index contributed by atoms with van der Waals surface area (Å²) >= 11 is 0. The number of hydrogen-bond acceptors (Lipinski definition) is 2. The quantitative estimate of drug-likeness (QED) is 0.528. The van der Waals surface area contributed by atoms with E-state index in [4.69, 9.17) is 0 Å². The van der Waals surface area contributed by atoms with E-state index in [0.717, 1.165) is 0 Å². The molecule has 1 N–H and O–H groups in total. The largest absolute Gasteiger partial charge is 0.306 e. The number of amides is 1. The highest BCUT2D eigenvalue weighted by Crippen LogP contribution is 2.32. The van der Waals surface area contributed by atoms with Crippen molar-refractivity contribution in [3.05, 3.63) is 29.1 Å². The molecule has 0 bridgehead atoms. The number of anilines is 1. The topological polar surface area (TPSA) is 32.3 Å². The smallest absolute Gasteiger partial charge is 0.244 e. The third-order valence-electron chi connectivity index (χ3n) is 3.20. The second-order valence-electron chi connectivity index (χ2n) is 5.07. The van der Waals surface area contributed by atoms with Crippen molar-refractivity contribution in [2.75, 3.05) is 11.4 Å². The van der Waals surface area contributed by atoms with Crippen LogP contribution in [0.15, 0.2) is 0 Å². The second-order valence-corrected chi connectivity index (χ2v) is 5.07. The van der Waals surface area contributed by atoms with Crippen LogP contribution in [0.1, 0.15) is 20.3 Å². The molecule has 1 saturated heterocycles. The van der Waals surface area contributed by atoms with Crippen molar-refractivity contribution in [3.8, 4) is 0 Å². The van der Waals surface area contributed by atoms with E-state index in [2.05, 4.69) is 5.32 Å². The van der Waals surface area contributed by atoms with E-state index in [1.165, 1.54) is 0 Å². The second kappa shape index (κ2) is 5.59. The van der Waals surface area contributed by atoms with Crippen LogP contribution in [0.3, 0.4) is 0 Å². The fraction of sp³-hybridized carbons (Fsp3) is 0.462. The first-order valence-electron chi connectivity index (χ1n) is 6.34. The summed E-state index contributed by atoms with van der Waals surface area (Å²) in [6.07, 6.45) is 0.219. The number of hydrogen-bond donors (Lipinski definition) is 1. The first-order valence-corrected chi connectivity index (χ1v) is 6.34. The van der Waals surface area contributed by atoms with Gasteiger partial charge in [0.2, 0.25) is 11.7 Å². The van der Waals surface area contributed by atoms with Crippen molar-refractivity contribution in [2.45, 2.75) is 32.4 Å². The fourth-order valence-corrected chi connectivity index (χ4v) is 2.29. The van der Waals surface area contributed by atoms with Gasteiger partial charge in [0.15, 0.2) is 23.3 Å². The number of carbonyl (C=O) groups excluding carboxylic acids is 1. The molecule has 2 rings (SSSR count). The zero-order chi connectivity index (χ0) is 15.9. The van der Waals surface area contributed by atoms with Gasteiger partial charge in [-0.15, -0.1) is 0 Å². The highest BCUT2D eigenvalue weighted by molar-refractivity contribution is 5.99. The van der Waals surface area contributed by atoms with Gasteiger partial charge in [0.1, 0.15) is 5.69 Å². The van der Waals surface area contributed by atoms with Crippen molar-refractivity contribution in [3.63, 3.8) is 0 Å². The molecule has 1 aromatic rings. The number of nitrogens with zero attached hydrogens (tertiary/aromatic N) is 1. The molecule has 0 saturated carbocycles. The Hall–Kier alpha value is -1.70. The fourth-order valence-electron chi connectivity index (χ4n) is 2.29. The average molecular weight is 308 g/mol. The van der Waals surface area contributed by atoms with Gasteiger partial charge in [-0.1, -0.05) is 13.8 Å². The van der Waals surface area contributed by atoms with Crippen LogP contribution in [0.2, 0.25) is 0 Å². The van der Waals surface area contributed by atoms with Gasteiger partial charge < -0.3 is 10.2 Å². The van der Waals surface area contributed by atoms with Gasteiger partial charge in [-0.25, -0.2) is 22.0 Å². The standard InChI is InChI=1S/C13H13F5N2O/c1-5(2)19-6-3-4-20(13(6)21)12-10(17)8(15)7(14)9(16)11(12)18/h5-6,19H,3-4H2,1-2H3. The van der Waals surface area contributed by atoms with Crippen molar-refractivity contribution >= 4 is 11.6 Å². The van der Waals surface area contributed by atoms with Crippen LogP contribution in [-0.2, 0) is 4.79 Å². The maximum atomic E-state index is 13.7. The van der Waals surface area contributed by atoms with Crippen molar-refractivity contribution in [1.82, 2.24) is 5.32 Å². The van der Waals surface area contributed by atoms with E-state index < -0.39 is 46.7 Å². The van der Waals surface area contributed by atoms with Crippen molar-refractivity contribution in [1.29, 1.82) is 0 Å². The van der Waals surface area contributed by atoms with Crippen LogP contribution in [0.25, 0.3) is 0 Å². The van der Waals surface area contributed by atoms with Crippen LogP contribution in [0, 0.1) is 29.1 Å². The molecule has 1 aromatic carbocycles. The minimum Gasteiger partial charge on any atom is -0.306 e. The lowest BCUT2D eigenvalue weighted by Crippen LogP contribution is -2.42. The number of halogens is 5. The molecule has 1 heterocycles. The van der Waals surface area contributed by atoms with Crippen LogP contribution in [-0.4, -0.2) is 24.5 Å². The summed E-state index contributed by atoms with van der Waals surface area (Å²) in [7, 11) is 0. The minimum absolute atomic E-state index is 0.0599. The molecule has 0 spiro atoms. The van der Waals surface area contributed by atoms with Crippen LogP contribution in [0.5, 0.6) is 0 Å². The van der Waals surface area contributed by atoms with Gasteiger partial charge in [-0.2, -0.15) is 0 Å². The monoisotopic (exact) mass is 308 g/mol. The van der Waals surface area contributed by atoms with E-state index in [1.54, 1.807) is 13.8 Å². The molecule has 1 atom stereocenters. The Bertz CT molecular complexity index is 561. The van der Waals surface area contributed by atoms with Crippen LogP contribution < -0.4 is 10.2 Å². The first-order chi connectivity index (χ1) is 9.75. The summed E-state index contributed by atoms with van der Waals surface area (Å²) in [6.45, 7) is 3.42. The minimum atomic E-state index is -2.24. The Morgan fingerprint density at radius 3 is 1.95 bits per heavy atom. The van der Waals surface area contributed by atoms with Crippen molar-refractivity contribution < 1.29 is 26.7 Å². The summed E-state index contributed by atoms with van der Waals surface area (Å²) in [4.78, 5) is 12.6. The molecule has 1 aliphatic rings. The summed E-state index contributed by atoms with van der Waals surface area (Å²) in [5, 5.41) is 2.87. The van der Waals surface area contributed by atoms with Crippen molar-refractivity contribution in [2.24, 2.45) is 0 Å². The van der Waals surface area contributed by atoms with Gasteiger partial charge in [-0.05, 0) is 6.42 Å². The highest BCUT2D eigenvalue weighted by Gasteiger charge is 2.38. The van der Waals surface area contributed by atoms with Gasteiger partial charge in [0.05, 0.1) is 6.04 Å². The number of carbonyl (C=O) groups is 1. The molecular weight excluding hydrogens is 295 g/mol. The molecule has 1 amide bonds. The Labute approximate surface area is 117 Å². The Balaban J connectivity index is 2.42. The van der Waals surface area contributed by atoms with E-state index in [9.17, 15) is 26.7 Å². The maximum Gasteiger partial charge on any atom is 0.244 e. The molecule has 0 radical (unpaired) electrons. The van der Waals surface area contributed by atoms with Crippen LogP contribution >= 0.6 is 0 Å².